The molecule has 3 aromatic rings. The highest BCUT2D eigenvalue weighted by Crippen LogP contribution is 2.28. The number of carbonyl (C=O) groups excluding carboxylic acids is 1. The highest BCUT2D eigenvalue weighted by molar-refractivity contribution is 5.76. The molecule has 1 aliphatic heterocycles. The summed E-state index contributed by atoms with van der Waals surface area (Å²) in [6.07, 6.45) is 6.67. The van der Waals surface area contributed by atoms with Crippen LogP contribution >= 0.6 is 0 Å². The molecule has 0 aliphatic carbocycles. The summed E-state index contributed by atoms with van der Waals surface area (Å²) in [7, 11) is 0. The second-order valence-corrected chi connectivity index (χ2v) is 7.02. The molecular formula is C20H22FN5O2. The van der Waals surface area contributed by atoms with E-state index in [0.29, 0.717) is 30.2 Å². The van der Waals surface area contributed by atoms with Gasteiger partial charge in [-0.25, -0.2) is 4.39 Å². The summed E-state index contributed by atoms with van der Waals surface area (Å²) in [5.41, 5.74) is 0.581. The van der Waals surface area contributed by atoms with Gasteiger partial charge in [0.05, 0.1) is 5.92 Å². The number of aryl methyl sites for hydroxylation is 1. The van der Waals surface area contributed by atoms with Crippen molar-refractivity contribution in [2.45, 2.75) is 38.1 Å². The summed E-state index contributed by atoms with van der Waals surface area (Å²) in [5, 5.41) is 8.14. The standard InChI is InChI=1S/C20H22FN5O2/c21-17-7-1-5-15(13-17)19-23-20(28-24-19)16-6-2-10-25(14-16)18(27)8-3-11-26-12-4-9-22-26/h1,4-5,7,9,12-13,16H,2-3,6,8,10-11,14H2. The molecule has 1 amide bonds. The fourth-order valence-electron chi connectivity index (χ4n) is 3.53. The number of hydrogen-bond acceptors (Lipinski definition) is 5. The zero-order valence-electron chi connectivity index (χ0n) is 15.5. The number of benzene rings is 1. The summed E-state index contributed by atoms with van der Waals surface area (Å²) in [6.45, 7) is 2.06. The average molecular weight is 383 g/mol. The Hall–Kier alpha value is -3.03. The molecule has 1 aromatic carbocycles. The molecule has 2 aromatic heterocycles. The number of likely N-dealkylation sites (tertiary alicyclic amines) is 1. The Balaban J connectivity index is 1.35. The zero-order chi connectivity index (χ0) is 19.3. The van der Waals surface area contributed by atoms with Crippen LogP contribution in [0.5, 0.6) is 0 Å². The minimum atomic E-state index is -0.339. The summed E-state index contributed by atoms with van der Waals surface area (Å²) in [5.74, 6) is 0.694. The first-order valence-electron chi connectivity index (χ1n) is 9.54. The third-order valence-electron chi connectivity index (χ3n) is 4.98. The molecule has 1 aliphatic rings. The fraction of sp³-hybridized carbons (Fsp3) is 0.400. The van der Waals surface area contributed by atoms with Crippen molar-refractivity contribution in [3.05, 3.63) is 54.4 Å². The second-order valence-electron chi connectivity index (χ2n) is 7.02. The average Bonchev–Trinajstić information content (AvgIpc) is 3.40. The molecule has 0 bridgehead atoms. The highest BCUT2D eigenvalue weighted by atomic mass is 19.1. The Labute approximate surface area is 162 Å². The lowest BCUT2D eigenvalue weighted by Gasteiger charge is -2.31. The Morgan fingerprint density at radius 3 is 3.07 bits per heavy atom. The third-order valence-corrected chi connectivity index (χ3v) is 4.98. The van der Waals surface area contributed by atoms with E-state index < -0.39 is 0 Å². The Morgan fingerprint density at radius 1 is 1.32 bits per heavy atom. The van der Waals surface area contributed by atoms with Gasteiger partial charge in [-0.1, -0.05) is 17.3 Å². The van der Waals surface area contributed by atoms with E-state index in [0.717, 1.165) is 32.4 Å². The van der Waals surface area contributed by atoms with Crippen molar-refractivity contribution in [1.29, 1.82) is 0 Å². The first-order chi connectivity index (χ1) is 13.7. The Bertz CT molecular complexity index is 924. The van der Waals surface area contributed by atoms with Gasteiger partial charge in [0, 0.05) is 44.0 Å². The molecule has 1 saturated heterocycles. The number of hydrogen-bond donors (Lipinski definition) is 0. The van der Waals surface area contributed by atoms with Crippen LogP contribution in [0, 0.1) is 5.82 Å². The first-order valence-corrected chi connectivity index (χ1v) is 9.54. The third kappa shape index (κ3) is 4.27. The van der Waals surface area contributed by atoms with E-state index in [9.17, 15) is 9.18 Å². The van der Waals surface area contributed by atoms with E-state index in [1.165, 1.54) is 12.1 Å². The second kappa shape index (κ2) is 8.33. The van der Waals surface area contributed by atoms with Gasteiger partial charge in [-0.15, -0.1) is 0 Å². The van der Waals surface area contributed by atoms with Gasteiger partial charge in [0.25, 0.3) is 0 Å². The SMILES string of the molecule is O=C(CCCn1cccn1)N1CCCC(c2nc(-c3cccc(F)c3)no2)C1. The summed E-state index contributed by atoms with van der Waals surface area (Å²) < 4.78 is 20.7. The molecule has 8 heteroatoms. The lowest BCUT2D eigenvalue weighted by molar-refractivity contribution is -0.132. The molecule has 4 rings (SSSR count). The monoisotopic (exact) mass is 383 g/mol. The van der Waals surface area contributed by atoms with Gasteiger partial charge in [0.15, 0.2) is 0 Å². The van der Waals surface area contributed by atoms with Gasteiger partial charge >= 0.3 is 0 Å². The van der Waals surface area contributed by atoms with Crippen molar-refractivity contribution >= 4 is 5.91 Å². The highest BCUT2D eigenvalue weighted by Gasteiger charge is 2.28. The predicted octanol–water partition coefficient (Wildman–Crippen LogP) is 3.26. The molecule has 0 spiro atoms. The minimum absolute atomic E-state index is 0.0126. The van der Waals surface area contributed by atoms with Crippen LogP contribution in [0.4, 0.5) is 4.39 Å². The van der Waals surface area contributed by atoms with Crippen LogP contribution < -0.4 is 0 Å². The van der Waals surface area contributed by atoms with Crippen LogP contribution in [0.1, 0.15) is 37.5 Å². The summed E-state index contributed by atoms with van der Waals surface area (Å²) in [6, 6.07) is 7.99. The number of nitrogens with zero attached hydrogens (tertiary/aromatic N) is 5. The molecule has 1 fully saturated rings. The van der Waals surface area contributed by atoms with Crippen molar-refractivity contribution in [2.75, 3.05) is 13.1 Å². The van der Waals surface area contributed by atoms with Gasteiger partial charge in [-0.3, -0.25) is 9.48 Å². The molecule has 0 saturated carbocycles. The summed E-state index contributed by atoms with van der Waals surface area (Å²) >= 11 is 0. The number of rotatable bonds is 6. The Kier molecular flexibility index (Phi) is 5.45. The molecule has 28 heavy (non-hydrogen) atoms. The minimum Gasteiger partial charge on any atom is -0.342 e. The van der Waals surface area contributed by atoms with E-state index in [1.54, 1.807) is 18.3 Å². The van der Waals surface area contributed by atoms with Crippen molar-refractivity contribution < 1.29 is 13.7 Å². The molecule has 146 valence electrons. The molecule has 3 heterocycles. The molecule has 0 radical (unpaired) electrons. The van der Waals surface area contributed by atoms with Crippen LogP contribution in [0.2, 0.25) is 0 Å². The number of halogens is 1. The van der Waals surface area contributed by atoms with Crippen LogP contribution in [0.25, 0.3) is 11.4 Å². The van der Waals surface area contributed by atoms with E-state index >= 15 is 0 Å². The van der Waals surface area contributed by atoms with E-state index in [2.05, 4.69) is 15.2 Å². The molecule has 0 N–H and O–H groups in total. The van der Waals surface area contributed by atoms with Crippen molar-refractivity contribution in [1.82, 2.24) is 24.8 Å². The van der Waals surface area contributed by atoms with Crippen molar-refractivity contribution in [2.24, 2.45) is 0 Å². The zero-order valence-corrected chi connectivity index (χ0v) is 15.5. The van der Waals surface area contributed by atoms with Crippen LogP contribution in [-0.2, 0) is 11.3 Å². The van der Waals surface area contributed by atoms with Gasteiger partial charge in [-0.05, 0) is 37.5 Å². The maximum atomic E-state index is 13.4. The van der Waals surface area contributed by atoms with Gasteiger partial charge in [0.2, 0.25) is 17.6 Å². The van der Waals surface area contributed by atoms with Gasteiger partial charge < -0.3 is 9.42 Å². The van der Waals surface area contributed by atoms with Gasteiger partial charge in [-0.2, -0.15) is 10.1 Å². The molecule has 1 atom stereocenters. The smallest absolute Gasteiger partial charge is 0.231 e. The van der Waals surface area contributed by atoms with Crippen molar-refractivity contribution in [3.63, 3.8) is 0 Å². The topological polar surface area (TPSA) is 77.1 Å². The molecule has 1 unspecified atom stereocenters. The number of piperidine rings is 1. The number of carbonyl (C=O) groups is 1. The Morgan fingerprint density at radius 2 is 2.25 bits per heavy atom. The van der Waals surface area contributed by atoms with E-state index in [4.69, 9.17) is 4.52 Å². The quantitative estimate of drug-likeness (QED) is 0.653. The number of aromatic nitrogens is 4. The van der Waals surface area contributed by atoms with E-state index in [-0.39, 0.29) is 17.6 Å². The first kappa shape index (κ1) is 18.3. The largest absolute Gasteiger partial charge is 0.342 e. The van der Waals surface area contributed by atoms with Crippen LogP contribution in [-0.4, -0.2) is 43.8 Å². The lowest BCUT2D eigenvalue weighted by atomic mass is 9.97. The molecule has 7 nitrogen and oxygen atoms in total. The maximum Gasteiger partial charge on any atom is 0.231 e. The predicted molar refractivity (Wildman–Crippen MR) is 99.7 cm³/mol. The van der Waals surface area contributed by atoms with Crippen molar-refractivity contribution in [3.8, 4) is 11.4 Å². The molecular weight excluding hydrogens is 361 g/mol. The van der Waals surface area contributed by atoms with Crippen LogP contribution in [0.3, 0.4) is 0 Å². The van der Waals surface area contributed by atoms with Gasteiger partial charge in [0.1, 0.15) is 5.82 Å². The normalized spacial score (nSPS) is 17.0. The van der Waals surface area contributed by atoms with Crippen LogP contribution in [0.15, 0.2) is 47.2 Å². The van der Waals surface area contributed by atoms with E-state index in [1.807, 2.05) is 21.8 Å². The maximum absolute atomic E-state index is 13.4. The summed E-state index contributed by atoms with van der Waals surface area (Å²) in [4.78, 5) is 18.9. The lowest BCUT2D eigenvalue weighted by Crippen LogP contribution is -2.39. The fourth-order valence-corrected chi connectivity index (χ4v) is 3.53. The number of amides is 1.